The Morgan fingerprint density at radius 2 is 2.06 bits per heavy atom. The lowest BCUT2D eigenvalue weighted by atomic mass is 10.0. The average Bonchev–Trinajstić information content (AvgIpc) is 2.73. The zero-order chi connectivity index (χ0) is 11.8. The van der Waals surface area contributed by atoms with Crippen molar-refractivity contribution in [1.82, 2.24) is 9.55 Å². The van der Waals surface area contributed by atoms with E-state index in [9.17, 15) is 0 Å². The molecule has 4 heteroatoms. The molecule has 0 unspecified atom stereocenters. The fourth-order valence-corrected chi connectivity index (χ4v) is 2.68. The van der Waals surface area contributed by atoms with Gasteiger partial charge >= 0.3 is 0 Å². The van der Waals surface area contributed by atoms with Gasteiger partial charge < -0.3 is 10.3 Å². The van der Waals surface area contributed by atoms with Gasteiger partial charge in [0, 0.05) is 11.4 Å². The van der Waals surface area contributed by atoms with Crippen molar-refractivity contribution in [2.45, 2.75) is 25.7 Å². The Hall–Kier alpha value is -1.48. The molecule has 0 saturated carbocycles. The maximum Gasteiger partial charge on any atom is 0.0998 e. The highest BCUT2D eigenvalue weighted by Gasteiger charge is 2.17. The van der Waals surface area contributed by atoms with Crippen LogP contribution < -0.4 is 5.73 Å². The molecule has 1 aliphatic rings. The molecule has 0 spiro atoms. The monoisotopic (exact) mass is 247 g/mol. The van der Waals surface area contributed by atoms with E-state index in [-0.39, 0.29) is 0 Å². The fraction of sp³-hybridized carbons (Fsp3) is 0.308. The highest BCUT2D eigenvalue weighted by molar-refractivity contribution is 6.32. The van der Waals surface area contributed by atoms with Crippen molar-refractivity contribution in [3.05, 3.63) is 40.9 Å². The molecule has 1 aromatic heterocycles. The first-order valence-corrected chi connectivity index (χ1v) is 6.24. The van der Waals surface area contributed by atoms with Crippen LogP contribution in [0.25, 0.3) is 5.69 Å². The van der Waals surface area contributed by atoms with Crippen LogP contribution in [-0.4, -0.2) is 9.55 Å². The Balaban J connectivity index is 2.12. The molecule has 88 valence electrons. The van der Waals surface area contributed by atoms with Crippen LogP contribution in [0, 0.1) is 0 Å². The van der Waals surface area contributed by atoms with Crippen molar-refractivity contribution < 1.29 is 0 Å². The van der Waals surface area contributed by atoms with Gasteiger partial charge in [0.1, 0.15) is 0 Å². The van der Waals surface area contributed by atoms with Crippen LogP contribution in [0.3, 0.4) is 0 Å². The number of nitrogen functional groups attached to an aromatic ring is 1. The van der Waals surface area contributed by atoms with Crippen molar-refractivity contribution in [2.75, 3.05) is 5.73 Å². The van der Waals surface area contributed by atoms with Gasteiger partial charge in [0.25, 0.3) is 0 Å². The quantitative estimate of drug-likeness (QED) is 0.788. The molecule has 2 N–H and O–H groups in total. The molecule has 2 aromatic rings. The lowest BCUT2D eigenvalue weighted by molar-refractivity contribution is 0.656. The normalized spacial score (nSPS) is 14.6. The lowest BCUT2D eigenvalue weighted by Gasteiger charge is -2.15. The van der Waals surface area contributed by atoms with Gasteiger partial charge in [-0.05, 0) is 43.9 Å². The summed E-state index contributed by atoms with van der Waals surface area (Å²) in [7, 11) is 0. The standard InChI is InChI=1S/C13H14ClN3/c14-10-7-9(15)5-6-12(10)17-8-16-11-3-1-2-4-13(11)17/h5-8H,1-4,15H2. The van der Waals surface area contributed by atoms with Crippen LogP contribution in [-0.2, 0) is 12.8 Å². The summed E-state index contributed by atoms with van der Waals surface area (Å²) >= 11 is 6.23. The maximum atomic E-state index is 6.23. The second-order valence-electron chi connectivity index (χ2n) is 4.43. The number of halogens is 1. The van der Waals surface area contributed by atoms with Crippen LogP contribution in [0.1, 0.15) is 24.2 Å². The number of nitrogens with zero attached hydrogens (tertiary/aromatic N) is 2. The number of aromatic nitrogens is 2. The number of imidazole rings is 1. The number of aryl methyl sites for hydroxylation is 1. The van der Waals surface area contributed by atoms with Crippen LogP contribution in [0.15, 0.2) is 24.5 Å². The summed E-state index contributed by atoms with van der Waals surface area (Å²) < 4.78 is 2.09. The van der Waals surface area contributed by atoms with Crippen molar-refractivity contribution >= 4 is 17.3 Å². The summed E-state index contributed by atoms with van der Waals surface area (Å²) in [6.07, 6.45) is 6.49. The largest absolute Gasteiger partial charge is 0.399 e. The number of nitrogens with two attached hydrogens (primary N) is 1. The molecule has 1 heterocycles. The Morgan fingerprint density at radius 1 is 1.24 bits per heavy atom. The SMILES string of the molecule is Nc1ccc(-n2cnc3c2CCCC3)c(Cl)c1. The van der Waals surface area contributed by atoms with Crippen LogP contribution >= 0.6 is 11.6 Å². The first-order chi connectivity index (χ1) is 8.25. The second-order valence-corrected chi connectivity index (χ2v) is 4.83. The molecule has 0 amide bonds. The maximum absolute atomic E-state index is 6.23. The molecule has 0 radical (unpaired) electrons. The van der Waals surface area contributed by atoms with Crippen LogP contribution in [0.2, 0.25) is 5.02 Å². The van der Waals surface area contributed by atoms with Crippen molar-refractivity contribution in [1.29, 1.82) is 0 Å². The van der Waals surface area contributed by atoms with E-state index >= 15 is 0 Å². The molecule has 0 bridgehead atoms. The van der Waals surface area contributed by atoms with Gasteiger partial charge in [-0.15, -0.1) is 0 Å². The minimum Gasteiger partial charge on any atom is -0.399 e. The third-order valence-corrected chi connectivity index (χ3v) is 3.56. The molecule has 17 heavy (non-hydrogen) atoms. The zero-order valence-corrected chi connectivity index (χ0v) is 10.2. The Kier molecular flexibility index (Phi) is 2.56. The topological polar surface area (TPSA) is 43.8 Å². The first-order valence-electron chi connectivity index (χ1n) is 5.86. The molecular formula is C13H14ClN3. The van der Waals surface area contributed by atoms with E-state index in [1.165, 1.54) is 24.2 Å². The summed E-state index contributed by atoms with van der Waals surface area (Å²) in [5.74, 6) is 0. The van der Waals surface area contributed by atoms with Gasteiger partial charge in [0.2, 0.25) is 0 Å². The second kappa shape index (κ2) is 4.08. The van der Waals surface area contributed by atoms with Crippen molar-refractivity contribution in [3.63, 3.8) is 0 Å². The molecule has 1 aliphatic carbocycles. The first kappa shape index (κ1) is 10.7. The number of fused-ring (bicyclic) bond motifs is 1. The Bertz CT molecular complexity index is 560. The van der Waals surface area contributed by atoms with Gasteiger partial charge in [0.05, 0.1) is 22.7 Å². The summed E-state index contributed by atoms with van der Waals surface area (Å²) in [4.78, 5) is 4.47. The minimum absolute atomic E-state index is 0.677. The summed E-state index contributed by atoms with van der Waals surface area (Å²) in [6, 6.07) is 5.61. The smallest absolute Gasteiger partial charge is 0.0998 e. The predicted molar refractivity (Wildman–Crippen MR) is 69.6 cm³/mol. The summed E-state index contributed by atoms with van der Waals surface area (Å²) in [5, 5.41) is 0.677. The summed E-state index contributed by atoms with van der Waals surface area (Å²) in [5.41, 5.74) is 9.87. The molecular weight excluding hydrogens is 234 g/mol. The fourth-order valence-electron chi connectivity index (χ4n) is 2.40. The third-order valence-electron chi connectivity index (χ3n) is 3.26. The molecule has 0 fully saturated rings. The van der Waals surface area contributed by atoms with Crippen molar-refractivity contribution in [2.24, 2.45) is 0 Å². The molecule has 3 rings (SSSR count). The van der Waals surface area contributed by atoms with E-state index in [0.717, 1.165) is 18.5 Å². The number of rotatable bonds is 1. The van der Waals surface area contributed by atoms with E-state index in [2.05, 4.69) is 9.55 Å². The summed E-state index contributed by atoms with van der Waals surface area (Å²) in [6.45, 7) is 0. The van der Waals surface area contributed by atoms with E-state index in [0.29, 0.717) is 10.7 Å². The van der Waals surface area contributed by atoms with Gasteiger partial charge in [-0.2, -0.15) is 0 Å². The van der Waals surface area contributed by atoms with E-state index < -0.39 is 0 Å². The van der Waals surface area contributed by atoms with Gasteiger partial charge in [-0.3, -0.25) is 0 Å². The number of hydrogen-bond donors (Lipinski definition) is 1. The Morgan fingerprint density at radius 3 is 2.88 bits per heavy atom. The van der Waals surface area contributed by atoms with Crippen LogP contribution in [0.5, 0.6) is 0 Å². The molecule has 0 atom stereocenters. The van der Waals surface area contributed by atoms with E-state index in [1.54, 1.807) is 6.07 Å². The molecule has 1 aromatic carbocycles. The van der Waals surface area contributed by atoms with Gasteiger partial charge in [-0.1, -0.05) is 11.6 Å². The molecule has 0 aliphatic heterocycles. The molecule has 3 nitrogen and oxygen atoms in total. The third kappa shape index (κ3) is 1.80. The van der Waals surface area contributed by atoms with Gasteiger partial charge in [0.15, 0.2) is 0 Å². The lowest BCUT2D eigenvalue weighted by Crippen LogP contribution is -2.07. The minimum atomic E-state index is 0.677. The molecule has 0 saturated heterocycles. The number of hydrogen-bond acceptors (Lipinski definition) is 2. The van der Waals surface area contributed by atoms with E-state index in [1.807, 2.05) is 18.5 Å². The number of anilines is 1. The van der Waals surface area contributed by atoms with Gasteiger partial charge in [-0.25, -0.2) is 4.98 Å². The highest BCUT2D eigenvalue weighted by atomic mass is 35.5. The predicted octanol–water partition coefficient (Wildman–Crippen LogP) is 2.99. The van der Waals surface area contributed by atoms with Crippen LogP contribution in [0.4, 0.5) is 5.69 Å². The highest BCUT2D eigenvalue weighted by Crippen LogP contribution is 2.28. The average molecular weight is 248 g/mol. The van der Waals surface area contributed by atoms with E-state index in [4.69, 9.17) is 17.3 Å². The zero-order valence-electron chi connectivity index (χ0n) is 9.49. The number of benzene rings is 1. The van der Waals surface area contributed by atoms with Crippen molar-refractivity contribution in [3.8, 4) is 5.69 Å². The Labute approximate surface area is 105 Å².